The Bertz CT molecular complexity index is 1110. The number of rotatable bonds is 4. The molecule has 1 amide bonds. The molecule has 7 heteroatoms. The molecule has 0 saturated carbocycles. The lowest BCUT2D eigenvalue weighted by Crippen LogP contribution is -2.51. The van der Waals surface area contributed by atoms with Crippen LogP contribution in [0.15, 0.2) is 57.5 Å². The summed E-state index contributed by atoms with van der Waals surface area (Å²) in [6.07, 6.45) is 5.11. The first kappa shape index (κ1) is 23.0. The number of carbonyl (C=O) groups is 2. The van der Waals surface area contributed by atoms with Gasteiger partial charge in [0.2, 0.25) is 5.91 Å². The fourth-order valence-corrected chi connectivity index (χ4v) is 6.22. The highest BCUT2D eigenvalue weighted by atomic mass is 16.5. The van der Waals surface area contributed by atoms with Crippen LogP contribution in [0.3, 0.4) is 0 Å². The zero-order valence-corrected chi connectivity index (χ0v) is 20.6. The number of azo groups is 1. The van der Waals surface area contributed by atoms with Gasteiger partial charge in [-0.2, -0.15) is 10.2 Å². The average Bonchev–Trinajstić information content (AvgIpc) is 3.30. The maximum Gasteiger partial charge on any atom is 0.230 e. The number of benzene rings is 1. The molecule has 7 nitrogen and oxygen atoms in total. The normalized spacial score (nSPS) is 28.2. The fraction of sp³-hybridized carbons (Fsp3) is 0.556. The second-order valence-corrected chi connectivity index (χ2v) is 10.7. The van der Waals surface area contributed by atoms with Crippen molar-refractivity contribution in [2.24, 2.45) is 21.6 Å². The molecule has 1 fully saturated rings. The van der Waals surface area contributed by atoms with E-state index in [1.54, 1.807) is 4.90 Å². The molecule has 0 bridgehead atoms. The van der Waals surface area contributed by atoms with Gasteiger partial charge in [0.25, 0.3) is 0 Å². The van der Waals surface area contributed by atoms with E-state index in [0.717, 1.165) is 47.4 Å². The number of ether oxygens (including phenoxy) is 1. The number of allylic oxidation sites excluding steroid dienone is 2. The van der Waals surface area contributed by atoms with Gasteiger partial charge in [-0.25, -0.2) is 0 Å². The van der Waals surface area contributed by atoms with Gasteiger partial charge in [0.05, 0.1) is 11.6 Å². The molecule has 0 radical (unpaired) electrons. The number of nitrogens with one attached hydrogen (secondary N) is 1. The van der Waals surface area contributed by atoms with E-state index in [1.165, 1.54) is 0 Å². The van der Waals surface area contributed by atoms with Gasteiger partial charge in [-0.3, -0.25) is 9.59 Å². The number of anilines is 1. The molecule has 1 aromatic carbocycles. The van der Waals surface area contributed by atoms with Gasteiger partial charge in [0.15, 0.2) is 11.9 Å². The van der Waals surface area contributed by atoms with E-state index in [-0.39, 0.29) is 29.2 Å². The maximum absolute atomic E-state index is 13.7. The van der Waals surface area contributed by atoms with Crippen LogP contribution in [-0.4, -0.2) is 38.1 Å². The molecule has 34 heavy (non-hydrogen) atoms. The van der Waals surface area contributed by atoms with E-state index >= 15 is 0 Å². The Morgan fingerprint density at radius 3 is 2.74 bits per heavy atom. The standard InChI is InChI=1S/C27H34N4O3/c1-5-27(18-7-6-8-19(13-18)31(4)25(33)17-9-11-34-12-10-17)20-16-28-30-24(20)29-21-14-26(2,3)15-22(32)23(21)27/h6-8,13,16-17,24,29H,5,9-12,14-15H2,1-4H3. The summed E-state index contributed by atoms with van der Waals surface area (Å²) in [6, 6.07) is 8.13. The minimum atomic E-state index is -0.610. The van der Waals surface area contributed by atoms with Crippen molar-refractivity contribution >= 4 is 17.4 Å². The molecule has 3 heterocycles. The van der Waals surface area contributed by atoms with E-state index in [0.29, 0.717) is 26.1 Å². The van der Waals surface area contributed by atoms with Gasteiger partial charge >= 0.3 is 0 Å². The molecular weight excluding hydrogens is 428 g/mol. The molecule has 4 aliphatic rings. The molecule has 1 aliphatic carbocycles. The number of carbonyl (C=O) groups excluding carboxylic acids is 2. The van der Waals surface area contributed by atoms with Crippen molar-refractivity contribution in [3.8, 4) is 0 Å². The van der Waals surface area contributed by atoms with Crippen molar-refractivity contribution in [1.82, 2.24) is 5.32 Å². The fourth-order valence-electron chi connectivity index (χ4n) is 6.22. The SMILES string of the molecule is CCC1(c2cccc(N(C)C(=O)C3CCOCC3)c2)C2=CN=NC2NC2=C1C(=O)CC(C)(C)C2. The largest absolute Gasteiger partial charge is 0.381 e. The molecular formula is C27H34N4O3. The number of hydrogen-bond donors (Lipinski definition) is 1. The second-order valence-electron chi connectivity index (χ2n) is 10.7. The van der Waals surface area contributed by atoms with Gasteiger partial charge in [0, 0.05) is 55.1 Å². The number of nitrogens with zero attached hydrogens (tertiary/aromatic N) is 3. The van der Waals surface area contributed by atoms with Crippen LogP contribution in [0.5, 0.6) is 0 Å². The summed E-state index contributed by atoms with van der Waals surface area (Å²) in [5.74, 6) is 0.288. The molecule has 5 rings (SSSR count). The van der Waals surface area contributed by atoms with Crippen molar-refractivity contribution in [3.63, 3.8) is 0 Å². The van der Waals surface area contributed by atoms with Gasteiger partial charge in [-0.05, 0) is 48.8 Å². The van der Waals surface area contributed by atoms with Gasteiger partial charge in [-0.15, -0.1) is 0 Å². The minimum absolute atomic E-state index is 0.0163. The molecule has 1 aromatic rings. The summed E-state index contributed by atoms with van der Waals surface area (Å²) < 4.78 is 5.44. The van der Waals surface area contributed by atoms with Crippen molar-refractivity contribution in [2.75, 3.05) is 25.2 Å². The first-order valence-electron chi connectivity index (χ1n) is 12.4. The van der Waals surface area contributed by atoms with E-state index in [1.807, 2.05) is 25.4 Å². The third kappa shape index (κ3) is 3.61. The van der Waals surface area contributed by atoms with Crippen LogP contribution < -0.4 is 10.2 Å². The summed E-state index contributed by atoms with van der Waals surface area (Å²) >= 11 is 0. The summed E-state index contributed by atoms with van der Waals surface area (Å²) in [7, 11) is 1.85. The Morgan fingerprint density at radius 2 is 2.00 bits per heavy atom. The first-order valence-corrected chi connectivity index (χ1v) is 12.4. The Labute approximate surface area is 201 Å². The van der Waals surface area contributed by atoms with Crippen molar-refractivity contribution < 1.29 is 14.3 Å². The van der Waals surface area contributed by atoms with Crippen LogP contribution in [-0.2, 0) is 19.7 Å². The van der Waals surface area contributed by atoms with Gasteiger partial charge in [0.1, 0.15) is 0 Å². The van der Waals surface area contributed by atoms with Gasteiger partial charge in [-0.1, -0.05) is 32.9 Å². The van der Waals surface area contributed by atoms with Crippen LogP contribution >= 0.6 is 0 Å². The number of hydrogen-bond acceptors (Lipinski definition) is 6. The number of ketones is 1. The number of fused-ring (bicyclic) bond motifs is 1. The summed E-state index contributed by atoms with van der Waals surface area (Å²) in [6.45, 7) is 7.68. The molecule has 2 unspecified atom stereocenters. The smallest absolute Gasteiger partial charge is 0.230 e. The summed E-state index contributed by atoms with van der Waals surface area (Å²) in [4.78, 5) is 28.6. The first-order chi connectivity index (χ1) is 16.3. The zero-order valence-electron chi connectivity index (χ0n) is 20.6. The van der Waals surface area contributed by atoms with E-state index < -0.39 is 5.41 Å². The second kappa shape index (κ2) is 8.45. The van der Waals surface area contributed by atoms with E-state index in [2.05, 4.69) is 48.4 Å². The van der Waals surface area contributed by atoms with Crippen LogP contribution in [0, 0.1) is 11.3 Å². The predicted octanol–water partition coefficient (Wildman–Crippen LogP) is 4.65. The van der Waals surface area contributed by atoms with Crippen molar-refractivity contribution in [2.45, 2.75) is 64.5 Å². The molecule has 1 N–H and O–H groups in total. The lowest BCUT2D eigenvalue weighted by atomic mass is 9.59. The Hall–Kier alpha value is -2.80. The van der Waals surface area contributed by atoms with Crippen LogP contribution in [0.25, 0.3) is 0 Å². The third-order valence-corrected chi connectivity index (χ3v) is 7.94. The van der Waals surface area contributed by atoms with Crippen LogP contribution in [0.1, 0.15) is 58.4 Å². The summed E-state index contributed by atoms with van der Waals surface area (Å²) in [5, 5.41) is 12.2. The molecule has 3 aliphatic heterocycles. The average molecular weight is 463 g/mol. The topological polar surface area (TPSA) is 83.4 Å². The monoisotopic (exact) mass is 462 g/mol. The Balaban J connectivity index is 1.59. The van der Waals surface area contributed by atoms with Gasteiger partial charge < -0.3 is 15.0 Å². The number of Topliss-reactive ketones (excluding diaryl/α,β-unsaturated/α-hetero) is 1. The molecule has 1 saturated heterocycles. The molecule has 2 atom stereocenters. The number of amides is 1. The van der Waals surface area contributed by atoms with Crippen molar-refractivity contribution in [1.29, 1.82) is 0 Å². The van der Waals surface area contributed by atoms with E-state index in [4.69, 9.17) is 4.74 Å². The Morgan fingerprint density at radius 1 is 1.24 bits per heavy atom. The highest BCUT2D eigenvalue weighted by molar-refractivity contribution is 6.01. The van der Waals surface area contributed by atoms with Crippen molar-refractivity contribution in [3.05, 3.63) is 52.9 Å². The summed E-state index contributed by atoms with van der Waals surface area (Å²) in [5.41, 5.74) is 4.00. The van der Waals surface area contributed by atoms with E-state index in [9.17, 15) is 9.59 Å². The lowest BCUT2D eigenvalue weighted by molar-refractivity contribution is -0.125. The molecule has 0 aromatic heterocycles. The predicted molar refractivity (Wildman–Crippen MR) is 130 cm³/mol. The zero-order chi connectivity index (χ0) is 24.1. The third-order valence-electron chi connectivity index (χ3n) is 7.94. The molecule has 180 valence electrons. The lowest BCUT2D eigenvalue weighted by Gasteiger charge is -2.48. The van der Waals surface area contributed by atoms with Crippen LogP contribution in [0.4, 0.5) is 5.69 Å². The quantitative estimate of drug-likeness (QED) is 0.706. The maximum atomic E-state index is 13.7. The molecule has 0 spiro atoms. The Kier molecular flexibility index (Phi) is 5.71. The minimum Gasteiger partial charge on any atom is -0.381 e. The highest BCUT2D eigenvalue weighted by Gasteiger charge is 2.53. The van der Waals surface area contributed by atoms with Crippen LogP contribution in [0.2, 0.25) is 0 Å². The highest BCUT2D eigenvalue weighted by Crippen LogP contribution is 2.54.